The highest BCUT2D eigenvalue weighted by molar-refractivity contribution is 9.11. The molecule has 0 bridgehead atoms. The summed E-state index contributed by atoms with van der Waals surface area (Å²) in [5, 5.41) is 5.91. The first-order valence-corrected chi connectivity index (χ1v) is 7.45. The van der Waals surface area contributed by atoms with Crippen LogP contribution in [0.3, 0.4) is 0 Å². The van der Waals surface area contributed by atoms with Gasteiger partial charge in [0.05, 0.1) is 30.0 Å². The molecule has 3 N–H and O–H groups in total. The van der Waals surface area contributed by atoms with E-state index >= 15 is 0 Å². The Labute approximate surface area is 131 Å². The van der Waals surface area contributed by atoms with Gasteiger partial charge in [0.1, 0.15) is 9.21 Å². The number of carbonyl (C=O) groups excluding carboxylic acids is 1. The van der Waals surface area contributed by atoms with E-state index in [9.17, 15) is 4.79 Å². The van der Waals surface area contributed by atoms with Gasteiger partial charge in [0.25, 0.3) is 0 Å². The van der Waals surface area contributed by atoms with Crippen LogP contribution in [0.4, 0.5) is 5.82 Å². The van der Waals surface area contributed by atoms with Crippen molar-refractivity contribution in [3.05, 3.63) is 33.1 Å². The van der Waals surface area contributed by atoms with Crippen LogP contribution in [-0.4, -0.2) is 31.9 Å². The molecule has 0 spiro atoms. The van der Waals surface area contributed by atoms with E-state index in [0.29, 0.717) is 28.0 Å². The molecule has 0 saturated carbocycles. The van der Waals surface area contributed by atoms with Gasteiger partial charge in [0.15, 0.2) is 5.82 Å². The second kappa shape index (κ2) is 5.58. The zero-order chi connectivity index (χ0) is 14.1. The molecule has 2 aromatic rings. The summed E-state index contributed by atoms with van der Waals surface area (Å²) in [6.07, 6.45) is 3.72. The van der Waals surface area contributed by atoms with Crippen molar-refractivity contribution in [1.29, 1.82) is 0 Å². The lowest BCUT2D eigenvalue weighted by Gasteiger charge is -2.22. The van der Waals surface area contributed by atoms with Crippen LogP contribution < -0.4 is 10.6 Å². The first-order valence-electron chi connectivity index (χ1n) is 5.87. The number of amides is 1. The maximum atomic E-state index is 12.2. The van der Waals surface area contributed by atoms with E-state index in [2.05, 4.69) is 62.4 Å². The molecule has 1 aliphatic rings. The van der Waals surface area contributed by atoms with Crippen molar-refractivity contribution in [2.75, 3.05) is 5.32 Å². The molecule has 0 fully saturated rings. The number of hydrogen-bond acceptors (Lipinski definition) is 5. The highest BCUT2D eigenvalue weighted by Gasteiger charge is 2.26. The summed E-state index contributed by atoms with van der Waals surface area (Å²) in [5.74, 6) is 0.240. The third-order valence-electron chi connectivity index (χ3n) is 2.99. The van der Waals surface area contributed by atoms with Gasteiger partial charge in [-0.25, -0.2) is 15.0 Å². The normalized spacial score (nSPS) is 17.6. The van der Waals surface area contributed by atoms with E-state index in [1.165, 1.54) is 6.20 Å². The molecule has 1 aliphatic heterocycles. The molecule has 3 rings (SSSR count). The molecule has 104 valence electrons. The number of aromatic nitrogens is 4. The van der Waals surface area contributed by atoms with Crippen molar-refractivity contribution in [2.45, 2.75) is 19.0 Å². The fourth-order valence-electron chi connectivity index (χ4n) is 1.99. The van der Waals surface area contributed by atoms with E-state index in [-0.39, 0.29) is 11.9 Å². The topological polar surface area (TPSA) is 95.6 Å². The molecular formula is C11H10Br2N6O. The maximum absolute atomic E-state index is 12.2. The van der Waals surface area contributed by atoms with Crippen molar-refractivity contribution in [2.24, 2.45) is 0 Å². The predicted molar refractivity (Wildman–Crippen MR) is 79.0 cm³/mol. The Bertz CT molecular complexity index is 658. The smallest absolute Gasteiger partial charge is 0.243 e. The zero-order valence-electron chi connectivity index (χ0n) is 10.2. The maximum Gasteiger partial charge on any atom is 0.243 e. The minimum atomic E-state index is -0.330. The first-order chi connectivity index (χ1) is 9.63. The largest absolute Gasteiger partial charge is 0.347 e. The Morgan fingerprint density at radius 2 is 2.25 bits per heavy atom. The average molecular weight is 402 g/mol. The van der Waals surface area contributed by atoms with Gasteiger partial charge in [0.2, 0.25) is 5.91 Å². The zero-order valence-corrected chi connectivity index (χ0v) is 13.3. The molecule has 0 saturated heterocycles. The molecule has 0 aromatic carbocycles. The SMILES string of the molecule is O=C(Nc1ncc(Br)nc1Br)C1Cc2nc[nH]c2CN1. The minimum Gasteiger partial charge on any atom is -0.347 e. The Morgan fingerprint density at radius 1 is 1.40 bits per heavy atom. The van der Waals surface area contributed by atoms with Crippen LogP contribution in [0.15, 0.2) is 21.7 Å². The minimum absolute atomic E-state index is 0.157. The van der Waals surface area contributed by atoms with Crippen LogP contribution in [0.25, 0.3) is 0 Å². The number of fused-ring (bicyclic) bond motifs is 1. The highest BCUT2D eigenvalue weighted by atomic mass is 79.9. The number of hydrogen-bond donors (Lipinski definition) is 3. The molecular weight excluding hydrogens is 392 g/mol. The summed E-state index contributed by atoms with van der Waals surface area (Å²) in [6.45, 7) is 0.598. The standard InChI is InChI=1S/C11H10Br2N6O/c12-8-3-15-10(9(13)18-8)19-11(20)6-1-5-7(2-14-6)17-4-16-5/h3-4,6,14H,1-2H2,(H,16,17)(H,15,19,20). The molecule has 1 unspecified atom stereocenters. The van der Waals surface area contributed by atoms with E-state index in [1.807, 2.05) is 0 Å². The number of nitrogens with one attached hydrogen (secondary N) is 3. The van der Waals surface area contributed by atoms with Gasteiger partial charge >= 0.3 is 0 Å². The summed E-state index contributed by atoms with van der Waals surface area (Å²) in [7, 11) is 0. The molecule has 3 heterocycles. The number of aromatic amines is 1. The van der Waals surface area contributed by atoms with Gasteiger partial charge in [-0.05, 0) is 31.9 Å². The van der Waals surface area contributed by atoms with Gasteiger partial charge in [-0.3, -0.25) is 10.1 Å². The van der Waals surface area contributed by atoms with Crippen LogP contribution in [0.2, 0.25) is 0 Å². The van der Waals surface area contributed by atoms with Crippen LogP contribution in [0.1, 0.15) is 11.4 Å². The lowest BCUT2D eigenvalue weighted by molar-refractivity contribution is -0.118. The van der Waals surface area contributed by atoms with Gasteiger partial charge < -0.3 is 10.3 Å². The average Bonchev–Trinajstić information content (AvgIpc) is 2.89. The molecule has 9 heteroatoms. The van der Waals surface area contributed by atoms with Crippen molar-refractivity contribution in [3.8, 4) is 0 Å². The van der Waals surface area contributed by atoms with Crippen molar-refractivity contribution in [1.82, 2.24) is 25.3 Å². The van der Waals surface area contributed by atoms with Crippen molar-refractivity contribution in [3.63, 3.8) is 0 Å². The molecule has 1 amide bonds. The summed E-state index contributed by atoms with van der Waals surface area (Å²) in [5.41, 5.74) is 1.95. The fourth-order valence-corrected chi connectivity index (χ4v) is 2.90. The second-order valence-electron chi connectivity index (χ2n) is 4.29. The number of halogens is 2. The molecule has 7 nitrogen and oxygen atoms in total. The van der Waals surface area contributed by atoms with Gasteiger partial charge in [0, 0.05) is 13.0 Å². The van der Waals surface area contributed by atoms with E-state index in [1.54, 1.807) is 6.33 Å². The second-order valence-corrected chi connectivity index (χ2v) is 5.85. The Hall–Kier alpha value is -1.32. The van der Waals surface area contributed by atoms with Crippen LogP contribution in [0.5, 0.6) is 0 Å². The fraction of sp³-hybridized carbons (Fsp3) is 0.273. The summed E-state index contributed by atoms with van der Waals surface area (Å²) >= 11 is 6.48. The highest BCUT2D eigenvalue weighted by Crippen LogP contribution is 2.20. The van der Waals surface area contributed by atoms with Crippen molar-refractivity contribution >= 4 is 43.6 Å². The Kier molecular flexibility index (Phi) is 3.81. The van der Waals surface area contributed by atoms with E-state index < -0.39 is 0 Å². The lowest BCUT2D eigenvalue weighted by Crippen LogP contribution is -2.45. The molecule has 0 radical (unpaired) electrons. The van der Waals surface area contributed by atoms with Crippen LogP contribution in [-0.2, 0) is 17.8 Å². The van der Waals surface area contributed by atoms with Crippen LogP contribution >= 0.6 is 31.9 Å². The van der Waals surface area contributed by atoms with E-state index in [4.69, 9.17) is 0 Å². The summed E-state index contributed by atoms with van der Waals surface area (Å²) in [6, 6.07) is -0.330. The van der Waals surface area contributed by atoms with Gasteiger partial charge in [-0.15, -0.1) is 0 Å². The number of H-pyrrole nitrogens is 1. The molecule has 2 aromatic heterocycles. The van der Waals surface area contributed by atoms with Gasteiger partial charge in [-0.1, -0.05) is 0 Å². The number of carbonyl (C=O) groups is 1. The summed E-state index contributed by atoms with van der Waals surface area (Å²) in [4.78, 5) is 27.7. The van der Waals surface area contributed by atoms with E-state index in [0.717, 1.165) is 11.4 Å². The monoisotopic (exact) mass is 400 g/mol. The predicted octanol–water partition coefficient (Wildman–Crippen LogP) is 1.38. The Balaban J connectivity index is 1.71. The summed E-state index contributed by atoms with van der Waals surface area (Å²) < 4.78 is 1.08. The number of rotatable bonds is 2. The lowest BCUT2D eigenvalue weighted by atomic mass is 10.0. The molecule has 20 heavy (non-hydrogen) atoms. The number of anilines is 1. The first kappa shape index (κ1) is 13.7. The third kappa shape index (κ3) is 2.74. The van der Waals surface area contributed by atoms with Gasteiger partial charge in [-0.2, -0.15) is 0 Å². The number of imidazole rings is 1. The van der Waals surface area contributed by atoms with Crippen LogP contribution in [0, 0.1) is 0 Å². The Morgan fingerprint density at radius 3 is 3.05 bits per heavy atom. The molecule has 0 aliphatic carbocycles. The third-order valence-corrected chi connectivity index (χ3v) is 3.92. The molecule has 1 atom stereocenters. The number of nitrogens with zero attached hydrogens (tertiary/aromatic N) is 3. The quantitative estimate of drug-likeness (QED) is 0.706. The van der Waals surface area contributed by atoms with Crippen molar-refractivity contribution < 1.29 is 4.79 Å².